The Morgan fingerprint density at radius 2 is 2.19 bits per heavy atom. The number of hydrogen-bond donors (Lipinski definition) is 3. The Balaban J connectivity index is 2.34. The monoisotopic (exact) mass is 242 g/mol. The minimum Gasteiger partial charge on any atom is -0.508 e. The van der Waals surface area contributed by atoms with Gasteiger partial charge in [0.1, 0.15) is 5.75 Å². The van der Waals surface area contributed by atoms with E-state index >= 15 is 0 Å². The van der Waals surface area contributed by atoms with Gasteiger partial charge in [-0.25, -0.2) is 0 Å². The van der Waals surface area contributed by atoms with E-state index < -0.39 is 0 Å². The fraction of sp³-hybridized carbons (Fsp3) is 0.364. The van der Waals surface area contributed by atoms with Gasteiger partial charge in [-0.3, -0.25) is 4.79 Å². The number of hydrogen-bond acceptors (Lipinski definition) is 3. The van der Waals surface area contributed by atoms with Gasteiger partial charge in [-0.05, 0) is 23.8 Å². The van der Waals surface area contributed by atoms with Gasteiger partial charge in [0.2, 0.25) is 5.91 Å². The van der Waals surface area contributed by atoms with Crippen molar-refractivity contribution in [2.24, 2.45) is 0 Å². The molecule has 3 N–H and O–H groups in total. The van der Waals surface area contributed by atoms with E-state index in [4.69, 9.17) is 11.6 Å². The average molecular weight is 243 g/mol. The van der Waals surface area contributed by atoms with Crippen LogP contribution in [-0.2, 0) is 11.3 Å². The average Bonchev–Trinajstić information content (AvgIpc) is 2.22. The molecule has 0 unspecified atom stereocenters. The molecule has 0 saturated heterocycles. The molecule has 0 saturated carbocycles. The topological polar surface area (TPSA) is 61.4 Å². The number of phenols is 1. The lowest BCUT2D eigenvalue weighted by Gasteiger charge is -2.05. The summed E-state index contributed by atoms with van der Waals surface area (Å²) < 4.78 is 0. The molecule has 88 valence electrons. The summed E-state index contributed by atoms with van der Waals surface area (Å²) in [6.07, 6.45) is 0.434. The molecule has 0 heterocycles. The number of carbonyl (C=O) groups excluding carboxylic acids is 1. The Labute approximate surface area is 99.6 Å². The molecule has 0 aromatic heterocycles. The maximum Gasteiger partial charge on any atom is 0.221 e. The summed E-state index contributed by atoms with van der Waals surface area (Å²) in [6, 6.07) is 4.89. The lowest BCUT2D eigenvalue weighted by Crippen LogP contribution is -2.24. The van der Waals surface area contributed by atoms with Crippen molar-refractivity contribution in [1.82, 2.24) is 10.6 Å². The number of rotatable bonds is 5. The number of halogens is 1. The van der Waals surface area contributed by atoms with Crippen LogP contribution in [0.1, 0.15) is 12.0 Å². The van der Waals surface area contributed by atoms with Crippen molar-refractivity contribution in [2.45, 2.75) is 13.0 Å². The van der Waals surface area contributed by atoms with E-state index in [0.717, 1.165) is 5.56 Å². The predicted molar refractivity (Wildman–Crippen MR) is 63.5 cm³/mol. The molecular weight excluding hydrogens is 228 g/mol. The first-order chi connectivity index (χ1) is 7.61. The fourth-order valence-electron chi connectivity index (χ4n) is 1.30. The summed E-state index contributed by atoms with van der Waals surface area (Å²) in [5, 5.41) is 15.4. The molecule has 1 aromatic rings. The minimum absolute atomic E-state index is 0.00133. The van der Waals surface area contributed by atoms with Gasteiger partial charge in [-0.2, -0.15) is 0 Å². The van der Waals surface area contributed by atoms with Gasteiger partial charge in [0.15, 0.2) is 0 Å². The summed E-state index contributed by atoms with van der Waals surface area (Å²) >= 11 is 5.78. The fourth-order valence-corrected chi connectivity index (χ4v) is 1.55. The molecule has 0 spiro atoms. The van der Waals surface area contributed by atoms with Crippen molar-refractivity contribution in [3.8, 4) is 5.75 Å². The molecule has 1 rings (SSSR count). The summed E-state index contributed by atoms with van der Waals surface area (Å²) in [6.45, 7) is 1.16. The smallest absolute Gasteiger partial charge is 0.221 e. The molecule has 4 nitrogen and oxygen atoms in total. The van der Waals surface area contributed by atoms with Crippen molar-refractivity contribution >= 4 is 17.5 Å². The second-order valence-corrected chi connectivity index (χ2v) is 3.85. The first kappa shape index (κ1) is 12.8. The maximum absolute atomic E-state index is 10.9. The normalized spacial score (nSPS) is 10.1. The van der Waals surface area contributed by atoms with Gasteiger partial charge in [-0.15, -0.1) is 0 Å². The molecule has 0 radical (unpaired) electrons. The van der Waals surface area contributed by atoms with E-state index in [1.165, 1.54) is 6.07 Å². The first-order valence-electron chi connectivity index (χ1n) is 5.01. The molecule has 1 aromatic carbocycles. The van der Waals surface area contributed by atoms with Crippen molar-refractivity contribution < 1.29 is 9.90 Å². The van der Waals surface area contributed by atoms with Crippen LogP contribution in [0.25, 0.3) is 0 Å². The van der Waals surface area contributed by atoms with Crippen LogP contribution >= 0.6 is 11.6 Å². The standard InChI is InChI=1S/C11H15ClN2O2/c1-13-11(16)2-3-14-7-8-4-9(12)6-10(15)5-8/h4-6,14-15H,2-3,7H2,1H3,(H,13,16). The maximum atomic E-state index is 10.9. The van der Waals surface area contributed by atoms with Gasteiger partial charge >= 0.3 is 0 Å². The van der Waals surface area contributed by atoms with Gasteiger partial charge in [0.25, 0.3) is 0 Å². The highest BCUT2D eigenvalue weighted by atomic mass is 35.5. The Hall–Kier alpha value is -1.26. The Kier molecular flexibility index (Phi) is 5.08. The largest absolute Gasteiger partial charge is 0.508 e. The van der Waals surface area contributed by atoms with Crippen molar-refractivity contribution in [3.63, 3.8) is 0 Å². The highest BCUT2D eigenvalue weighted by Crippen LogP contribution is 2.19. The first-order valence-corrected chi connectivity index (χ1v) is 5.39. The molecule has 0 aliphatic heterocycles. The number of benzene rings is 1. The highest BCUT2D eigenvalue weighted by molar-refractivity contribution is 6.30. The SMILES string of the molecule is CNC(=O)CCNCc1cc(O)cc(Cl)c1. The van der Waals surface area contributed by atoms with Crippen molar-refractivity contribution in [3.05, 3.63) is 28.8 Å². The lowest BCUT2D eigenvalue weighted by molar-refractivity contribution is -0.120. The lowest BCUT2D eigenvalue weighted by atomic mass is 10.2. The van der Waals surface area contributed by atoms with Crippen LogP contribution in [0, 0.1) is 0 Å². The van der Waals surface area contributed by atoms with Crippen LogP contribution in [0.2, 0.25) is 5.02 Å². The van der Waals surface area contributed by atoms with Crippen LogP contribution < -0.4 is 10.6 Å². The predicted octanol–water partition coefficient (Wildman–Crippen LogP) is 1.27. The van der Waals surface area contributed by atoms with Gasteiger partial charge in [0, 0.05) is 31.6 Å². The highest BCUT2D eigenvalue weighted by Gasteiger charge is 2.00. The molecule has 1 amide bonds. The molecule has 0 aliphatic rings. The summed E-state index contributed by atoms with van der Waals surface area (Å²) in [4.78, 5) is 10.9. The number of nitrogens with one attached hydrogen (secondary N) is 2. The second kappa shape index (κ2) is 6.35. The molecular formula is C11H15ClN2O2. The van der Waals surface area contributed by atoms with Crippen LogP contribution in [0.15, 0.2) is 18.2 Å². The van der Waals surface area contributed by atoms with Gasteiger partial charge in [0.05, 0.1) is 0 Å². The van der Waals surface area contributed by atoms with E-state index in [2.05, 4.69) is 10.6 Å². The Morgan fingerprint density at radius 1 is 1.44 bits per heavy atom. The number of carbonyl (C=O) groups is 1. The summed E-state index contributed by atoms with van der Waals surface area (Å²) in [5.41, 5.74) is 0.891. The van der Waals surface area contributed by atoms with Crippen LogP contribution in [0.4, 0.5) is 0 Å². The zero-order chi connectivity index (χ0) is 12.0. The third-order valence-electron chi connectivity index (χ3n) is 2.08. The summed E-state index contributed by atoms with van der Waals surface area (Å²) in [7, 11) is 1.61. The van der Waals surface area contributed by atoms with Crippen molar-refractivity contribution in [1.29, 1.82) is 0 Å². The molecule has 0 aliphatic carbocycles. The third kappa shape index (κ3) is 4.51. The molecule has 0 atom stereocenters. The quantitative estimate of drug-likeness (QED) is 0.682. The number of amides is 1. The van der Waals surface area contributed by atoms with E-state index in [-0.39, 0.29) is 11.7 Å². The molecule has 0 fully saturated rings. The number of phenolic OH excluding ortho intramolecular Hbond substituents is 1. The number of aromatic hydroxyl groups is 1. The molecule has 16 heavy (non-hydrogen) atoms. The Bertz CT molecular complexity index is 349. The Morgan fingerprint density at radius 3 is 2.81 bits per heavy atom. The van der Waals surface area contributed by atoms with Crippen molar-refractivity contribution in [2.75, 3.05) is 13.6 Å². The van der Waals surface area contributed by atoms with Crippen LogP contribution in [0.5, 0.6) is 5.75 Å². The summed E-state index contributed by atoms with van der Waals surface area (Å²) in [5.74, 6) is 0.150. The van der Waals surface area contributed by atoms with E-state index in [0.29, 0.717) is 24.5 Å². The van der Waals surface area contributed by atoms with Gasteiger partial charge in [-0.1, -0.05) is 11.6 Å². The van der Waals surface area contributed by atoms with Crippen LogP contribution in [0.3, 0.4) is 0 Å². The van der Waals surface area contributed by atoms with Gasteiger partial charge < -0.3 is 15.7 Å². The molecule has 0 bridgehead atoms. The third-order valence-corrected chi connectivity index (χ3v) is 2.30. The van der Waals surface area contributed by atoms with E-state index in [9.17, 15) is 9.90 Å². The van der Waals surface area contributed by atoms with E-state index in [1.54, 1.807) is 19.2 Å². The minimum atomic E-state index is 0.00133. The molecule has 5 heteroatoms. The van der Waals surface area contributed by atoms with Crippen LogP contribution in [-0.4, -0.2) is 24.6 Å². The van der Waals surface area contributed by atoms with E-state index in [1.807, 2.05) is 0 Å². The zero-order valence-electron chi connectivity index (χ0n) is 9.09. The second-order valence-electron chi connectivity index (χ2n) is 3.42. The zero-order valence-corrected chi connectivity index (χ0v) is 9.84.